The Balaban J connectivity index is 2.92. The predicted octanol–water partition coefficient (Wildman–Crippen LogP) is 0.213. The molecule has 0 aromatic heterocycles. The van der Waals surface area contributed by atoms with Crippen LogP contribution in [0, 0.1) is 0 Å². The van der Waals surface area contributed by atoms with Gasteiger partial charge in [0.25, 0.3) is 0 Å². The Morgan fingerprint density at radius 2 is 1.62 bits per heavy atom. The molecule has 0 aliphatic carbocycles. The molecular weight excluding hydrogens is 136 g/mol. The van der Waals surface area contributed by atoms with Crippen LogP contribution in [-0.4, -0.2) is 31.8 Å². The molecule has 2 nitrogen and oxygen atoms in total. The summed E-state index contributed by atoms with van der Waals surface area (Å²) in [5.74, 6) is 0. The first-order valence-electron chi connectivity index (χ1n) is 2.65. The van der Waals surface area contributed by atoms with Crippen molar-refractivity contribution in [2.45, 2.75) is 13.8 Å². The van der Waals surface area contributed by atoms with Crippen LogP contribution in [0.4, 0.5) is 0 Å². The zero-order chi connectivity index (χ0) is 6.41. The fourth-order valence-corrected chi connectivity index (χ4v) is 1.78. The molecule has 0 N–H and O–H groups in total. The van der Waals surface area contributed by atoms with Gasteiger partial charge in [-0.25, -0.2) is 0 Å². The summed E-state index contributed by atoms with van der Waals surface area (Å²) in [6.45, 7) is 5.34. The van der Waals surface area contributed by atoms with Crippen molar-refractivity contribution in [3.8, 4) is 0 Å². The van der Waals surface area contributed by atoms with Gasteiger partial charge in [0.05, 0.1) is 9.76 Å². The lowest BCUT2D eigenvalue weighted by Crippen LogP contribution is -2.23. The molecule has 0 saturated heterocycles. The van der Waals surface area contributed by atoms with Crippen LogP contribution < -0.4 is 0 Å². The summed E-state index contributed by atoms with van der Waals surface area (Å²) in [7, 11) is 2.22. The minimum Gasteiger partial charge on any atom is -0.397 e. The summed E-state index contributed by atoms with van der Waals surface area (Å²) >= 11 is 0. The third kappa shape index (κ3) is 4.51. The van der Waals surface area contributed by atoms with E-state index >= 15 is 0 Å². The molecule has 0 spiro atoms. The third-order valence-corrected chi connectivity index (χ3v) is 2.52. The third-order valence-electron chi connectivity index (χ3n) is 0.551. The van der Waals surface area contributed by atoms with Crippen LogP contribution in [-0.2, 0) is 8.85 Å². The molecule has 0 aromatic carbocycles. The Labute approximate surface area is 55.2 Å². The summed E-state index contributed by atoms with van der Waals surface area (Å²) in [4.78, 5) is 0. The van der Waals surface area contributed by atoms with Crippen molar-refractivity contribution < 1.29 is 8.85 Å². The lowest BCUT2D eigenvalue weighted by molar-refractivity contribution is 0.231. The molecule has 0 heterocycles. The highest BCUT2D eigenvalue weighted by Crippen LogP contribution is 1.81. The van der Waals surface area contributed by atoms with Crippen LogP contribution in [0.5, 0.6) is 0 Å². The quantitative estimate of drug-likeness (QED) is 0.528. The number of hydrogen-bond acceptors (Lipinski definition) is 2. The molecule has 0 aliphatic heterocycles. The van der Waals surface area contributed by atoms with Crippen LogP contribution in [0.2, 0.25) is 0 Å². The zero-order valence-electron chi connectivity index (χ0n) is 5.23. The van der Waals surface area contributed by atoms with Crippen molar-refractivity contribution >= 4 is 18.6 Å². The molecule has 8 heavy (non-hydrogen) atoms. The van der Waals surface area contributed by atoms with E-state index in [9.17, 15) is 0 Å². The monoisotopic (exact) mass is 146 g/mol. The van der Waals surface area contributed by atoms with Gasteiger partial charge in [0.1, 0.15) is 0 Å². The fourth-order valence-electron chi connectivity index (χ4n) is 0.304. The van der Waals surface area contributed by atoms with E-state index in [2.05, 4.69) is 9.76 Å². The van der Waals surface area contributed by atoms with Crippen molar-refractivity contribution in [3.63, 3.8) is 0 Å². The van der Waals surface area contributed by atoms with E-state index in [1.807, 2.05) is 13.8 Å². The number of hydrogen-bond donors (Lipinski definition) is 0. The molecule has 0 unspecified atom stereocenters. The van der Waals surface area contributed by atoms with Gasteiger partial charge < -0.3 is 8.85 Å². The molecule has 0 bridgehead atoms. The van der Waals surface area contributed by atoms with E-state index in [4.69, 9.17) is 8.85 Å². The second kappa shape index (κ2) is 5.49. The Bertz CT molecular complexity index is 45.3. The van der Waals surface area contributed by atoms with Crippen LogP contribution >= 0.6 is 0 Å². The molecule has 0 aliphatic rings. The van der Waals surface area contributed by atoms with Crippen molar-refractivity contribution in [2.75, 3.05) is 13.2 Å². The first-order valence-corrected chi connectivity index (χ1v) is 5.47. The molecule has 0 amide bonds. The van der Waals surface area contributed by atoms with Gasteiger partial charge in [-0.2, -0.15) is 0 Å². The summed E-state index contributed by atoms with van der Waals surface area (Å²) < 4.78 is 10.2. The van der Waals surface area contributed by atoms with Gasteiger partial charge in [0, 0.05) is 13.2 Å². The standard InChI is InChI=1S/C4H10O2Si2/c1-3-5-8(7)6-4-2/h3-4H2,1-2H3. The molecule has 4 heteroatoms. The van der Waals surface area contributed by atoms with Gasteiger partial charge in [0.2, 0.25) is 0 Å². The molecule has 46 valence electrons. The Hall–Kier alpha value is 0.354. The van der Waals surface area contributed by atoms with Crippen LogP contribution in [0.3, 0.4) is 0 Å². The summed E-state index contributed by atoms with van der Waals surface area (Å²) in [6, 6.07) is 0. The minimum absolute atomic E-state index is 0.720. The number of rotatable bonds is 4. The van der Waals surface area contributed by atoms with Crippen LogP contribution in [0.25, 0.3) is 0 Å². The average molecular weight is 146 g/mol. The smallest absolute Gasteiger partial charge is 0.348 e. The second-order valence-corrected chi connectivity index (χ2v) is 3.53. The highest BCUT2D eigenvalue weighted by Gasteiger charge is 2.02. The van der Waals surface area contributed by atoms with Gasteiger partial charge in [-0.3, -0.25) is 0 Å². The van der Waals surface area contributed by atoms with Crippen LogP contribution in [0.1, 0.15) is 13.8 Å². The van der Waals surface area contributed by atoms with Gasteiger partial charge in [-0.15, -0.1) is 0 Å². The fraction of sp³-hybridized carbons (Fsp3) is 1.00. The van der Waals surface area contributed by atoms with Crippen molar-refractivity contribution in [3.05, 3.63) is 0 Å². The maximum atomic E-state index is 5.08. The van der Waals surface area contributed by atoms with E-state index in [1.54, 1.807) is 0 Å². The maximum Gasteiger partial charge on any atom is 0.348 e. The summed E-state index contributed by atoms with van der Waals surface area (Å²) in [5, 5.41) is 0. The average Bonchev–Trinajstić information content (AvgIpc) is 1.68. The van der Waals surface area contributed by atoms with Gasteiger partial charge in [0.15, 0.2) is 0 Å². The van der Waals surface area contributed by atoms with Gasteiger partial charge in [-0.05, 0) is 13.8 Å². The first kappa shape index (κ1) is 8.35. The Kier molecular flexibility index (Phi) is 5.73. The Morgan fingerprint density at radius 3 is 1.88 bits per heavy atom. The van der Waals surface area contributed by atoms with Crippen LogP contribution in [0.15, 0.2) is 0 Å². The Morgan fingerprint density at radius 1 is 1.25 bits per heavy atom. The maximum absolute atomic E-state index is 5.08. The first-order chi connectivity index (χ1) is 3.81. The summed E-state index contributed by atoms with van der Waals surface area (Å²) in [6.07, 6.45) is 0. The van der Waals surface area contributed by atoms with Crippen molar-refractivity contribution in [1.82, 2.24) is 0 Å². The summed E-state index contributed by atoms with van der Waals surface area (Å²) in [5.41, 5.74) is 0. The normalized spacial score (nSPS) is 10.5. The van der Waals surface area contributed by atoms with Gasteiger partial charge in [-0.1, -0.05) is 0 Å². The van der Waals surface area contributed by atoms with E-state index < -0.39 is 8.80 Å². The van der Waals surface area contributed by atoms with E-state index in [0.29, 0.717) is 0 Å². The lowest BCUT2D eigenvalue weighted by atomic mass is 10.9. The SMILES string of the molecule is CCO[Si]([Si])OCC. The molecule has 4 radical (unpaired) electrons. The molecular formula is C4H10O2Si2. The highest BCUT2D eigenvalue weighted by molar-refractivity contribution is 6.95. The molecule has 0 rings (SSSR count). The van der Waals surface area contributed by atoms with Gasteiger partial charge >= 0.3 is 8.80 Å². The van der Waals surface area contributed by atoms with E-state index in [1.165, 1.54) is 0 Å². The lowest BCUT2D eigenvalue weighted by Gasteiger charge is -2.05. The van der Waals surface area contributed by atoms with Crippen molar-refractivity contribution in [1.29, 1.82) is 0 Å². The molecule has 0 saturated carbocycles. The molecule has 0 atom stereocenters. The largest absolute Gasteiger partial charge is 0.397 e. The minimum atomic E-state index is -1.09. The topological polar surface area (TPSA) is 18.5 Å². The van der Waals surface area contributed by atoms with Crippen molar-refractivity contribution in [2.24, 2.45) is 0 Å². The van der Waals surface area contributed by atoms with E-state index in [0.717, 1.165) is 13.2 Å². The molecule has 0 aromatic rings. The molecule has 0 fully saturated rings. The van der Waals surface area contributed by atoms with E-state index in [-0.39, 0.29) is 0 Å². The highest BCUT2D eigenvalue weighted by atomic mass is 29.2. The zero-order valence-corrected chi connectivity index (χ0v) is 7.23. The second-order valence-electron chi connectivity index (χ2n) is 1.15. The predicted molar refractivity (Wildman–Crippen MR) is 34.8 cm³/mol.